The van der Waals surface area contributed by atoms with Crippen LogP contribution in [0.25, 0.3) is 0 Å². The molecule has 1 aliphatic rings. The van der Waals surface area contributed by atoms with E-state index in [1.54, 1.807) is 25.1 Å². The van der Waals surface area contributed by atoms with Gasteiger partial charge in [-0.05, 0) is 43.5 Å². The molecule has 0 heterocycles. The second-order valence-electron chi connectivity index (χ2n) is 8.98. The molecule has 1 aliphatic carbocycles. The Bertz CT molecular complexity index is 1230. The lowest BCUT2D eigenvalue weighted by molar-refractivity contribution is -0.140. The summed E-state index contributed by atoms with van der Waals surface area (Å²) in [4.78, 5) is 28.5. The molecular weight excluding hydrogens is 580 g/mol. The van der Waals surface area contributed by atoms with Gasteiger partial charge in [0.25, 0.3) is 0 Å². The summed E-state index contributed by atoms with van der Waals surface area (Å²) in [7, 11) is -3.96. The Labute approximate surface area is 238 Å². The van der Waals surface area contributed by atoms with Gasteiger partial charge in [0.15, 0.2) is 0 Å². The average molecular weight is 609 g/mol. The van der Waals surface area contributed by atoms with Crippen LogP contribution in [0, 0.1) is 0 Å². The molecule has 0 bridgehead atoms. The Balaban J connectivity index is 2.00. The summed E-state index contributed by atoms with van der Waals surface area (Å²) in [6, 6.07) is 8.63. The minimum atomic E-state index is -3.96. The predicted octanol–water partition coefficient (Wildman–Crippen LogP) is 5.93. The van der Waals surface area contributed by atoms with Gasteiger partial charge in [0, 0.05) is 28.2 Å². The van der Waals surface area contributed by atoms with Crippen molar-refractivity contribution in [2.75, 3.05) is 17.1 Å². The molecule has 0 radical (unpaired) electrons. The second kappa shape index (κ2) is 12.9. The number of rotatable bonds is 10. The van der Waals surface area contributed by atoms with E-state index in [9.17, 15) is 18.0 Å². The highest BCUT2D eigenvalue weighted by Gasteiger charge is 2.34. The van der Waals surface area contributed by atoms with E-state index in [4.69, 9.17) is 46.4 Å². The molecule has 37 heavy (non-hydrogen) atoms. The summed E-state index contributed by atoms with van der Waals surface area (Å²) in [6.07, 6.45) is 5.08. The molecule has 0 aromatic heterocycles. The van der Waals surface area contributed by atoms with Crippen LogP contribution < -0.4 is 9.62 Å². The third-order valence-corrected chi connectivity index (χ3v) is 9.00. The van der Waals surface area contributed by atoms with Crippen LogP contribution in [-0.4, -0.2) is 50.0 Å². The van der Waals surface area contributed by atoms with Crippen molar-refractivity contribution in [2.24, 2.45) is 0 Å². The molecule has 0 spiro atoms. The van der Waals surface area contributed by atoms with Crippen molar-refractivity contribution in [1.82, 2.24) is 10.2 Å². The SMILES string of the molecule is CCC(C(=O)NC1CCCC1)N(Cc1c(Cl)cccc1Cl)C(=O)CN(c1cccc(Cl)c1Cl)S(C)(=O)=O. The molecule has 0 saturated heterocycles. The molecule has 2 aromatic rings. The summed E-state index contributed by atoms with van der Waals surface area (Å²) in [5, 5.41) is 3.83. The van der Waals surface area contributed by atoms with Crippen molar-refractivity contribution >= 4 is 73.9 Å². The third-order valence-electron chi connectivity index (χ3n) is 6.36. The zero-order chi connectivity index (χ0) is 27.3. The Kier molecular flexibility index (Phi) is 10.4. The van der Waals surface area contributed by atoms with Gasteiger partial charge in [-0.3, -0.25) is 13.9 Å². The van der Waals surface area contributed by atoms with Crippen LogP contribution >= 0.6 is 46.4 Å². The van der Waals surface area contributed by atoms with Crippen LogP contribution in [0.4, 0.5) is 5.69 Å². The van der Waals surface area contributed by atoms with Gasteiger partial charge in [-0.25, -0.2) is 8.42 Å². The van der Waals surface area contributed by atoms with Gasteiger partial charge >= 0.3 is 0 Å². The molecule has 12 heteroatoms. The van der Waals surface area contributed by atoms with Crippen molar-refractivity contribution in [1.29, 1.82) is 0 Å². The first-order chi connectivity index (χ1) is 17.4. The fraction of sp³-hybridized carbons (Fsp3) is 0.440. The fourth-order valence-electron chi connectivity index (χ4n) is 4.42. The topological polar surface area (TPSA) is 86.8 Å². The van der Waals surface area contributed by atoms with Crippen molar-refractivity contribution < 1.29 is 18.0 Å². The highest BCUT2D eigenvalue weighted by atomic mass is 35.5. The normalized spacial score (nSPS) is 14.9. The largest absolute Gasteiger partial charge is 0.352 e. The molecular formula is C25H29Cl4N3O4S. The minimum absolute atomic E-state index is 0.00546. The fourth-order valence-corrected chi connectivity index (χ4v) is 6.24. The molecule has 0 aliphatic heterocycles. The summed E-state index contributed by atoms with van der Waals surface area (Å²) >= 11 is 25.2. The van der Waals surface area contributed by atoms with E-state index >= 15 is 0 Å². The molecule has 1 N–H and O–H groups in total. The summed E-state index contributed by atoms with van der Waals surface area (Å²) in [6.45, 7) is 1.10. The number of nitrogens with one attached hydrogen (secondary N) is 1. The minimum Gasteiger partial charge on any atom is -0.352 e. The van der Waals surface area contributed by atoms with Crippen LogP contribution in [0.1, 0.15) is 44.6 Å². The van der Waals surface area contributed by atoms with Gasteiger partial charge in [0.05, 0.1) is 22.0 Å². The number of carbonyl (C=O) groups is 2. The number of hydrogen-bond acceptors (Lipinski definition) is 4. The second-order valence-corrected chi connectivity index (χ2v) is 12.5. The van der Waals surface area contributed by atoms with Crippen LogP contribution in [0.5, 0.6) is 0 Å². The number of nitrogens with zero attached hydrogens (tertiary/aromatic N) is 2. The van der Waals surface area contributed by atoms with Crippen LogP contribution in [0.15, 0.2) is 36.4 Å². The monoisotopic (exact) mass is 607 g/mol. The number of carbonyl (C=O) groups excluding carboxylic acids is 2. The van der Waals surface area contributed by atoms with E-state index in [2.05, 4.69) is 5.32 Å². The lowest BCUT2D eigenvalue weighted by Gasteiger charge is -2.34. The summed E-state index contributed by atoms with van der Waals surface area (Å²) in [5.41, 5.74) is 0.516. The number of hydrogen-bond donors (Lipinski definition) is 1. The van der Waals surface area contributed by atoms with Gasteiger partial charge in [-0.1, -0.05) is 78.3 Å². The Hall–Kier alpha value is -1.71. The van der Waals surface area contributed by atoms with Crippen LogP contribution in [0.2, 0.25) is 20.1 Å². The van der Waals surface area contributed by atoms with E-state index in [0.29, 0.717) is 22.0 Å². The lowest BCUT2D eigenvalue weighted by atomic mass is 10.1. The van der Waals surface area contributed by atoms with Gasteiger partial charge < -0.3 is 10.2 Å². The lowest BCUT2D eigenvalue weighted by Crippen LogP contribution is -2.53. The molecule has 1 fully saturated rings. The van der Waals surface area contributed by atoms with Gasteiger partial charge in [0.1, 0.15) is 12.6 Å². The maximum Gasteiger partial charge on any atom is 0.244 e. The predicted molar refractivity (Wildman–Crippen MR) is 150 cm³/mol. The Morgan fingerprint density at radius 1 is 1.00 bits per heavy atom. The quantitative estimate of drug-likeness (QED) is 0.362. The van der Waals surface area contributed by atoms with Crippen molar-refractivity contribution in [3.63, 3.8) is 0 Å². The molecule has 1 atom stereocenters. The van der Waals surface area contributed by atoms with E-state index in [1.165, 1.54) is 23.1 Å². The summed E-state index contributed by atoms with van der Waals surface area (Å²) < 4.78 is 26.4. The van der Waals surface area contributed by atoms with E-state index in [1.807, 2.05) is 0 Å². The third kappa shape index (κ3) is 7.45. The average Bonchev–Trinajstić information content (AvgIpc) is 3.33. The molecule has 202 valence electrons. The van der Waals surface area contributed by atoms with Gasteiger partial charge in [0.2, 0.25) is 21.8 Å². The maximum absolute atomic E-state index is 13.8. The highest BCUT2D eigenvalue weighted by molar-refractivity contribution is 7.92. The Morgan fingerprint density at radius 3 is 2.14 bits per heavy atom. The van der Waals surface area contributed by atoms with Crippen molar-refractivity contribution in [2.45, 2.75) is 57.7 Å². The van der Waals surface area contributed by atoms with Crippen LogP contribution in [-0.2, 0) is 26.2 Å². The standard InChI is InChI=1S/C25H29Cl4N3O4S/c1-3-21(25(34)30-16-8-4-5-9-16)31(14-17-18(26)10-6-11-19(17)27)23(33)15-32(37(2,35)36)22-13-7-12-20(28)24(22)29/h6-7,10-13,16,21H,3-5,8-9,14-15H2,1-2H3,(H,30,34). The zero-order valence-electron chi connectivity index (χ0n) is 20.5. The zero-order valence-corrected chi connectivity index (χ0v) is 24.4. The van der Waals surface area contributed by atoms with E-state index in [0.717, 1.165) is 36.2 Å². The first-order valence-corrected chi connectivity index (χ1v) is 15.2. The molecule has 3 rings (SSSR count). The molecule has 7 nitrogen and oxygen atoms in total. The number of sulfonamides is 1. The van der Waals surface area contributed by atoms with Crippen LogP contribution in [0.3, 0.4) is 0 Å². The number of anilines is 1. The smallest absolute Gasteiger partial charge is 0.244 e. The van der Waals surface area contributed by atoms with E-state index in [-0.39, 0.29) is 34.2 Å². The molecule has 2 aromatic carbocycles. The molecule has 1 saturated carbocycles. The maximum atomic E-state index is 13.8. The first-order valence-electron chi connectivity index (χ1n) is 11.9. The Morgan fingerprint density at radius 2 is 1.57 bits per heavy atom. The van der Waals surface area contributed by atoms with Gasteiger partial charge in [-0.15, -0.1) is 0 Å². The number of amides is 2. The van der Waals surface area contributed by atoms with E-state index < -0.39 is 28.5 Å². The first kappa shape index (κ1) is 29.8. The number of halogens is 4. The molecule has 2 amide bonds. The van der Waals surface area contributed by atoms with Crippen molar-refractivity contribution in [3.05, 3.63) is 62.1 Å². The van der Waals surface area contributed by atoms with Gasteiger partial charge in [-0.2, -0.15) is 0 Å². The number of benzene rings is 2. The van der Waals surface area contributed by atoms with Crippen molar-refractivity contribution in [3.8, 4) is 0 Å². The summed E-state index contributed by atoms with van der Waals surface area (Å²) in [5.74, 6) is -0.927. The highest BCUT2D eigenvalue weighted by Crippen LogP contribution is 2.34. The molecule has 1 unspecified atom stereocenters.